The van der Waals surface area contributed by atoms with Crippen LogP contribution in [-0.2, 0) is 0 Å². The van der Waals surface area contributed by atoms with Crippen molar-refractivity contribution in [2.75, 3.05) is 0 Å². The number of nitrogens with one attached hydrogen (secondary N) is 2. The van der Waals surface area contributed by atoms with Crippen LogP contribution in [0.1, 0.15) is 6.92 Å². The van der Waals surface area contributed by atoms with Gasteiger partial charge in [0, 0.05) is 6.21 Å². The molecule has 0 rings (SSSR count). The SMILES string of the molecule is C/C=C/C(=N)/C=C\C=N. The minimum absolute atomic E-state index is 0.418. The van der Waals surface area contributed by atoms with E-state index < -0.39 is 0 Å². The van der Waals surface area contributed by atoms with Crippen LogP contribution in [0.4, 0.5) is 0 Å². The fourth-order valence-corrected chi connectivity index (χ4v) is 0.387. The van der Waals surface area contributed by atoms with Crippen molar-refractivity contribution in [1.82, 2.24) is 0 Å². The smallest absolute Gasteiger partial charge is 0.0537 e. The Bertz CT molecular complexity index is 154. The van der Waals surface area contributed by atoms with E-state index in [-0.39, 0.29) is 0 Å². The highest BCUT2D eigenvalue weighted by molar-refractivity contribution is 6.03. The maximum Gasteiger partial charge on any atom is 0.0537 e. The van der Waals surface area contributed by atoms with E-state index in [9.17, 15) is 0 Å². The van der Waals surface area contributed by atoms with Crippen molar-refractivity contribution in [2.24, 2.45) is 0 Å². The Labute approximate surface area is 54.9 Å². The summed E-state index contributed by atoms with van der Waals surface area (Å²) in [6.45, 7) is 1.85. The molecule has 0 radical (unpaired) electrons. The van der Waals surface area contributed by atoms with E-state index in [4.69, 9.17) is 10.8 Å². The maximum absolute atomic E-state index is 7.12. The Morgan fingerprint density at radius 1 is 1.33 bits per heavy atom. The predicted octanol–water partition coefficient (Wildman–Crippen LogP) is 1.79. The van der Waals surface area contributed by atoms with Crippen LogP contribution in [0.2, 0.25) is 0 Å². The molecule has 0 aromatic carbocycles. The molecule has 2 nitrogen and oxygen atoms in total. The van der Waals surface area contributed by atoms with Crippen LogP contribution >= 0.6 is 0 Å². The quantitative estimate of drug-likeness (QED) is 0.536. The Balaban J connectivity index is 3.76. The van der Waals surface area contributed by atoms with Crippen LogP contribution in [0.25, 0.3) is 0 Å². The third-order valence-corrected chi connectivity index (χ3v) is 0.718. The van der Waals surface area contributed by atoms with Crippen molar-refractivity contribution in [2.45, 2.75) is 6.92 Å². The summed E-state index contributed by atoms with van der Waals surface area (Å²) in [7, 11) is 0. The summed E-state index contributed by atoms with van der Waals surface area (Å²) in [6.07, 6.45) is 7.68. The fraction of sp³-hybridized carbons (Fsp3) is 0.143. The van der Waals surface area contributed by atoms with E-state index in [1.54, 1.807) is 18.2 Å². The van der Waals surface area contributed by atoms with Gasteiger partial charge in [0.05, 0.1) is 5.71 Å². The van der Waals surface area contributed by atoms with Crippen molar-refractivity contribution in [3.63, 3.8) is 0 Å². The van der Waals surface area contributed by atoms with Crippen molar-refractivity contribution in [1.29, 1.82) is 10.8 Å². The van der Waals surface area contributed by atoms with Gasteiger partial charge in [-0.25, -0.2) is 0 Å². The molecular weight excluding hydrogens is 112 g/mol. The van der Waals surface area contributed by atoms with Gasteiger partial charge >= 0.3 is 0 Å². The first kappa shape index (κ1) is 7.82. The molecule has 2 heteroatoms. The van der Waals surface area contributed by atoms with Crippen molar-refractivity contribution >= 4 is 11.9 Å². The number of rotatable bonds is 3. The van der Waals surface area contributed by atoms with Crippen LogP contribution in [0.5, 0.6) is 0 Å². The zero-order chi connectivity index (χ0) is 7.11. The summed E-state index contributed by atoms with van der Waals surface area (Å²) in [6, 6.07) is 0. The molecule has 0 aliphatic rings. The monoisotopic (exact) mass is 122 g/mol. The lowest BCUT2D eigenvalue weighted by Crippen LogP contribution is -1.81. The normalized spacial score (nSPS) is 10.8. The van der Waals surface area contributed by atoms with E-state index in [1.165, 1.54) is 6.08 Å². The minimum atomic E-state index is 0.418. The molecule has 0 saturated carbocycles. The lowest BCUT2D eigenvalue weighted by Gasteiger charge is -1.80. The van der Waals surface area contributed by atoms with E-state index in [2.05, 4.69) is 0 Å². The second kappa shape index (κ2) is 4.97. The van der Waals surface area contributed by atoms with Crippen LogP contribution < -0.4 is 0 Å². The molecule has 0 aliphatic heterocycles. The molecule has 0 saturated heterocycles. The molecule has 0 spiro atoms. The topological polar surface area (TPSA) is 47.7 Å². The molecule has 0 aromatic rings. The summed E-state index contributed by atoms with van der Waals surface area (Å²) < 4.78 is 0. The Kier molecular flexibility index (Phi) is 4.32. The average molecular weight is 122 g/mol. The lowest BCUT2D eigenvalue weighted by molar-refractivity contribution is 1.53. The second-order valence-corrected chi connectivity index (χ2v) is 1.48. The third kappa shape index (κ3) is 4.68. The first-order valence-corrected chi connectivity index (χ1v) is 2.69. The van der Waals surface area contributed by atoms with E-state index in [0.29, 0.717) is 5.71 Å². The summed E-state index contributed by atoms with van der Waals surface area (Å²) in [5.74, 6) is 0. The highest BCUT2D eigenvalue weighted by Crippen LogP contribution is 1.78. The van der Waals surface area contributed by atoms with Crippen molar-refractivity contribution in [3.8, 4) is 0 Å². The van der Waals surface area contributed by atoms with Gasteiger partial charge < -0.3 is 10.8 Å². The van der Waals surface area contributed by atoms with Gasteiger partial charge in [0.2, 0.25) is 0 Å². The lowest BCUT2D eigenvalue weighted by atomic mass is 10.3. The number of hydrogen-bond donors (Lipinski definition) is 2. The predicted molar refractivity (Wildman–Crippen MR) is 40.5 cm³/mol. The minimum Gasteiger partial charge on any atom is -0.309 e. The van der Waals surface area contributed by atoms with Gasteiger partial charge in [0.1, 0.15) is 0 Å². The van der Waals surface area contributed by atoms with E-state index in [1.807, 2.05) is 6.92 Å². The van der Waals surface area contributed by atoms with Crippen molar-refractivity contribution < 1.29 is 0 Å². The van der Waals surface area contributed by atoms with Crippen LogP contribution in [0.15, 0.2) is 24.3 Å². The summed E-state index contributed by atoms with van der Waals surface area (Å²) in [4.78, 5) is 0. The number of allylic oxidation sites excluding steroid dienone is 4. The van der Waals surface area contributed by atoms with Crippen LogP contribution in [0, 0.1) is 10.8 Å². The van der Waals surface area contributed by atoms with Gasteiger partial charge in [-0.1, -0.05) is 6.08 Å². The van der Waals surface area contributed by atoms with Crippen LogP contribution in [-0.4, -0.2) is 11.9 Å². The molecule has 48 valence electrons. The molecule has 0 atom stereocenters. The highest BCUT2D eigenvalue weighted by Gasteiger charge is 1.76. The van der Waals surface area contributed by atoms with E-state index >= 15 is 0 Å². The van der Waals surface area contributed by atoms with Gasteiger partial charge in [-0.15, -0.1) is 0 Å². The summed E-state index contributed by atoms with van der Waals surface area (Å²) in [5.41, 5.74) is 0.418. The van der Waals surface area contributed by atoms with Crippen LogP contribution in [0.3, 0.4) is 0 Å². The average Bonchev–Trinajstić information content (AvgIpc) is 1.85. The Morgan fingerprint density at radius 3 is 2.44 bits per heavy atom. The first-order chi connectivity index (χ1) is 4.31. The molecule has 0 unspecified atom stereocenters. The molecule has 0 aliphatic carbocycles. The molecular formula is C7H10N2. The Hall–Kier alpha value is -1.18. The maximum atomic E-state index is 7.12. The fourth-order valence-electron chi connectivity index (χ4n) is 0.387. The van der Waals surface area contributed by atoms with Crippen molar-refractivity contribution in [3.05, 3.63) is 24.3 Å². The Morgan fingerprint density at radius 2 is 2.00 bits per heavy atom. The highest BCUT2D eigenvalue weighted by atomic mass is 14.4. The standard InChI is InChI=1S/C7H10N2/c1-2-4-7(9)5-3-6-8/h2-6,8-9H,1H3/b4-2+,5-3-,8-6?,9-7?. The largest absolute Gasteiger partial charge is 0.309 e. The zero-order valence-electron chi connectivity index (χ0n) is 5.39. The zero-order valence-corrected chi connectivity index (χ0v) is 5.39. The molecule has 9 heavy (non-hydrogen) atoms. The molecule has 0 aromatic heterocycles. The van der Waals surface area contributed by atoms with Gasteiger partial charge in [-0.3, -0.25) is 0 Å². The molecule has 0 amide bonds. The van der Waals surface area contributed by atoms with Gasteiger partial charge in [0.15, 0.2) is 0 Å². The molecule has 2 N–H and O–H groups in total. The van der Waals surface area contributed by atoms with Gasteiger partial charge in [0.25, 0.3) is 0 Å². The summed E-state index contributed by atoms with van der Waals surface area (Å²) in [5, 5.41) is 13.7. The summed E-state index contributed by atoms with van der Waals surface area (Å²) >= 11 is 0. The third-order valence-electron chi connectivity index (χ3n) is 0.718. The number of hydrogen-bond acceptors (Lipinski definition) is 2. The van der Waals surface area contributed by atoms with Gasteiger partial charge in [-0.2, -0.15) is 0 Å². The molecule has 0 heterocycles. The van der Waals surface area contributed by atoms with Gasteiger partial charge in [-0.05, 0) is 25.2 Å². The molecule has 0 bridgehead atoms. The first-order valence-electron chi connectivity index (χ1n) is 2.69. The molecule has 0 fully saturated rings. The van der Waals surface area contributed by atoms with E-state index in [0.717, 1.165) is 6.21 Å². The second-order valence-electron chi connectivity index (χ2n) is 1.48.